The van der Waals surface area contributed by atoms with Gasteiger partial charge in [0.25, 0.3) is 0 Å². The zero-order chi connectivity index (χ0) is 14.4. The molecule has 1 fully saturated rings. The van der Waals surface area contributed by atoms with Crippen LogP contribution in [0.2, 0.25) is 0 Å². The molecule has 0 radical (unpaired) electrons. The number of piperidine rings is 1. The molecular formula is C15H22N2O3. The number of rotatable bonds is 6. The Morgan fingerprint density at radius 2 is 2.00 bits per heavy atom. The first-order valence-electron chi connectivity index (χ1n) is 7.03. The SMILES string of the molecule is COc1cc(C(N)=O)ccc1OCCN1CCCCC1. The van der Waals surface area contributed by atoms with Gasteiger partial charge in [-0.3, -0.25) is 9.69 Å². The number of benzene rings is 1. The van der Waals surface area contributed by atoms with Crippen molar-refractivity contribution < 1.29 is 14.3 Å². The molecule has 110 valence electrons. The van der Waals surface area contributed by atoms with Crippen molar-refractivity contribution in [1.82, 2.24) is 4.90 Å². The van der Waals surface area contributed by atoms with Gasteiger partial charge in [-0.1, -0.05) is 6.42 Å². The van der Waals surface area contributed by atoms with Gasteiger partial charge in [-0.2, -0.15) is 0 Å². The summed E-state index contributed by atoms with van der Waals surface area (Å²) in [6.45, 7) is 3.84. The molecule has 2 N–H and O–H groups in total. The molecule has 1 aromatic carbocycles. The molecule has 2 rings (SSSR count). The molecule has 0 unspecified atom stereocenters. The molecule has 0 aromatic heterocycles. The second-order valence-electron chi connectivity index (χ2n) is 4.98. The van der Waals surface area contributed by atoms with E-state index < -0.39 is 5.91 Å². The molecule has 1 amide bonds. The van der Waals surface area contributed by atoms with E-state index in [0.29, 0.717) is 23.7 Å². The highest BCUT2D eigenvalue weighted by molar-refractivity contribution is 5.93. The first kappa shape index (κ1) is 14.7. The first-order valence-corrected chi connectivity index (χ1v) is 7.03. The summed E-state index contributed by atoms with van der Waals surface area (Å²) >= 11 is 0. The predicted octanol–water partition coefficient (Wildman–Crippen LogP) is 1.66. The molecule has 5 heteroatoms. The van der Waals surface area contributed by atoms with E-state index >= 15 is 0 Å². The fourth-order valence-corrected chi connectivity index (χ4v) is 2.41. The van der Waals surface area contributed by atoms with Crippen LogP contribution in [-0.2, 0) is 0 Å². The Bertz CT molecular complexity index is 456. The number of amides is 1. The number of nitrogens with two attached hydrogens (primary N) is 1. The highest BCUT2D eigenvalue weighted by Gasteiger charge is 2.11. The van der Waals surface area contributed by atoms with Crippen molar-refractivity contribution in [1.29, 1.82) is 0 Å². The zero-order valence-electron chi connectivity index (χ0n) is 11.9. The normalized spacial score (nSPS) is 15.8. The summed E-state index contributed by atoms with van der Waals surface area (Å²) in [4.78, 5) is 13.5. The van der Waals surface area contributed by atoms with Crippen molar-refractivity contribution in [3.8, 4) is 11.5 Å². The Kier molecular flexibility index (Phi) is 5.24. The molecule has 0 bridgehead atoms. The van der Waals surface area contributed by atoms with Gasteiger partial charge in [0.05, 0.1) is 7.11 Å². The number of hydrogen-bond acceptors (Lipinski definition) is 4. The number of ether oxygens (including phenoxy) is 2. The monoisotopic (exact) mass is 278 g/mol. The Morgan fingerprint density at radius 3 is 2.65 bits per heavy atom. The maximum atomic E-state index is 11.1. The van der Waals surface area contributed by atoms with Crippen LogP contribution >= 0.6 is 0 Å². The first-order chi connectivity index (χ1) is 9.70. The lowest BCUT2D eigenvalue weighted by Gasteiger charge is -2.26. The molecule has 1 aliphatic rings. The summed E-state index contributed by atoms with van der Waals surface area (Å²) in [6.07, 6.45) is 3.88. The molecular weight excluding hydrogens is 256 g/mol. The standard InChI is InChI=1S/C15H22N2O3/c1-19-14-11-12(15(16)18)5-6-13(14)20-10-9-17-7-3-2-4-8-17/h5-6,11H,2-4,7-10H2,1H3,(H2,16,18). The highest BCUT2D eigenvalue weighted by atomic mass is 16.5. The van der Waals surface area contributed by atoms with Crippen molar-refractivity contribution in [3.63, 3.8) is 0 Å². The quantitative estimate of drug-likeness (QED) is 0.859. The van der Waals surface area contributed by atoms with Crippen LogP contribution in [0.4, 0.5) is 0 Å². The Morgan fingerprint density at radius 1 is 1.25 bits per heavy atom. The summed E-state index contributed by atoms with van der Waals surface area (Å²) in [7, 11) is 1.55. The molecule has 1 aromatic rings. The fraction of sp³-hybridized carbons (Fsp3) is 0.533. The second-order valence-corrected chi connectivity index (χ2v) is 4.98. The van der Waals surface area contributed by atoms with Gasteiger partial charge in [-0.05, 0) is 44.1 Å². The minimum atomic E-state index is -0.469. The maximum Gasteiger partial charge on any atom is 0.248 e. The number of methoxy groups -OCH3 is 1. The zero-order valence-corrected chi connectivity index (χ0v) is 11.9. The van der Waals surface area contributed by atoms with E-state index in [0.717, 1.165) is 19.6 Å². The number of likely N-dealkylation sites (tertiary alicyclic amines) is 1. The van der Waals surface area contributed by atoms with Crippen LogP contribution in [0.25, 0.3) is 0 Å². The molecule has 0 aliphatic carbocycles. The summed E-state index contributed by atoms with van der Waals surface area (Å²) in [5.41, 5.74) is 5.66. The minimum Gasteiger partial charge on any atom is -0.493 e. The van der Waals surface area contributed by atoms with Crippen molar-refractivity contribution in [2.75, 3.05) is 33.4 Å². The minimum absolute atomic E-state index is 0.422. The molecule has 5 nitrogen and oxygen atoms in total. The third-order valence-electron chi connectivity index (χ3n) is 3.56. The molecule has 20 heavy (non-hydrogen) atoms. The molecule has 1 saturated heterocycles. The fourth-order valence-electron chi connectivity index (χ4n) is 2.41. The Labute approximate surface area is 119 Å². The maximum absolute atomic E-state index is 11.1. The van der Waals surface area contributed by atoms with Crippen LogP contribution in [-0.4, -0.2) is 44.2 Å². The van der Waals surface area contributed by atoms with Crippen molar-refractivity contribution in [2.24, 2.45) is 5.73 Å². The van der Waals surface area contributed by atoms with E-state index in [-0.39, 0.29) is 0 Å². The van der Waals surface area contributed by atoms with Crippen LogP contribution in [0.3, 0.4) is 0 Å². The van der Waals surface area contributed by atoms with E-state index in [2.05, 4.69) is 4.90 Å². The van der Waals surface area contributed by atoms with E-state index in [1.54, 1.807) is 25.3 Å². The Hall–Kier alpha value is -1.75. The van der Waals surface area contributed by atoms with Gasteiger partial charge in [0.2, 0.25) is 5.91 Å². The van der Waals surface area contributed by atoms with Crippen molar-refractivity contribution in [2.45, 2.75) is 19.3 Å². The molecule has 0 saturated carbocycles. The van der Waals surface area contributed by atoms with Crippen molar-refractivity contribution >= 4 is 5.91 Å². The Balaban J connectivity index is 1.89. The van der Waals surface area contributed by atoms with Gasteiger partial charge in [0.15, 0.2) is 11.5 Å². The highest BCUT2D eigenvalue weighted by Crippen LogP contribution is 2.27. The predicted molar refractivity (Wildman–Crippen MR) is 77.3 cm³/mol. The van der Waals surface area contributed by atoms with Crippen LogP contribution < -0.4 is 15.2 Å². The summed E-state index contributed by atoms with van der Waals surface area (Å²) < 4.78 is 11.0. The number of nitrogens with zero attached hydrogens (tertiary/aromatic N) is 1. The number of primary amides is 1. The lowest BCUT2D eigenvalue weighted by Crippen LogP contribution is -2.33. The number of carbonyl (C=O) groups excluding carboxylic acids is 1. The molecule has 0 spiro atoms. The van der Waals surface area contributed by atoms with Crippen LogP contribution in [0, 0.1) is 0 Å². The van der Waals surface area contributed by atoms with E-state index in [1.807, 2.05) is 0 Å². The van der Waals surface area contributed by atoms with Gasteiger partial charge in [-0.15, -0.1) is 0 Å². The number of carbonyl (C=O) groups is 1. The lowest BCUT2D eigenvalue weighted by atomic mass is 10.1. The lowest BCUT2D eigenvalue weighted by molar-refractivity contribution is 0.1000. The van der Waals surface area contributed by atoms with Gasteiger partial charge >= 0.3 is 0 Å². The van der Waals surface area contributed by atoms with Gasteiger partial charge in [0, 0.05) is 12.1 Å². The summed E-state index contributed by atoms with van der Waals surface area (Å²) in [5, 5.41) is 0. The topological polar surface area (TPSA) is 64.8 Å². The van der Waals surface area contributed by atoms with Crippen LogP contribution in [0.1, 0.15) is 29.6 Å². The number of hydrogen-bond donors (Lipinski definition) is 1. The third-order valence-corrected chi connectivity index (χ3v) is 3.56. The second kappa shape index (κ2) is 7.14. The third kappa shape index (κ3) is 3.87. The average molecular weight is 278 g/mol. The molecule has 1 heterocycles. The van der Waals surface area contributed by atoms with Gasteiger partial charge in [-0.25, -0.2) is 0 Å². The van der Waals surface area contributed by atoms with Gasteiger partial charge < -0.3 is 15.2 Å². The average Bonchev–Trinajstić information content (AvgIpc) is 2.48. The van der Waals surface area contributed by atoms with E-state index in [4.69, 9.17) is 15.2 Å². The summed E-state index contributed by atoms with van der Waals surface area (Å²) in [5.74, 6) is 0.720. The van der Waals surface area contributed by atoms with Gasteiger partial charge in [0.1, 0.15) is 6.61 Å². The van der Waals surface area contributed by atoms with Crippen molar-refractivity contribution in [3.05, 3.63) is 23.8 Å². The van der Waals surface area contributed by atoms with Crippen LogP contribution in [0.5, 0.6) is 11.5 Å². The van der Waals surface area contributed by atoms with E-state index in [9.17, 15) is 4.79 Å². The smallest absolute Gasteiger partial charge is 0.248 e. The van der Waals surface area contributed by atoms with Crippen LogP contribution in [0.15, 0.2) is 18.2 Å². The molecule has 0 atom stereocenters. The largest absolute Gasteiger partial charge is 0.493 e. The summed E-state index contributed by atoms with van der Waals surface area (Å²) in [6, 6.07) is 4.99. The molecule has 1 aliphatic heterocycles. The van der Waals surface area contributed by atoms with E-state index in [1.165, 1.54) is 19.3 Å².